The van der Waals surface area contributed by atoms with Crippen molar-refractivity contribution in [1.29, 1.82) is 0 Å². The van der Waals surface area contributed by atoms with Crippen LogP contribution >= 0.6 is 0 Å². The summed E-state index contributed by atoms with van der Waals surface area (Å²) in [6, 6.07) is 18.0. The number of para-hydroxylation sites is 1. The van der Waals surface area contributed by atoms with Crippen LogP contribution in [0.4, 0.5) is 0 Å². The molecule has 0 aromatic heterocycles. The number of benzene rings is 2. The van der Waals surface area contributed by atoms with E-state index in [-0.39, 0.29) is 29.9 Å². The van der Waals surface area contributed by atoms with Crippen LogP contribution in [0.25, 0.3) is 0 Å². The van der Waals surface area contributed by atoms with Crippen molar-refractivity contribution in [2.24, 2.45) is 0 Å². The second-order valence-electron chi connectivity index (χ2n) is 10.8. The highest BCUT2D eigenvalue weighted by atomic mass is 16.5. The molecule has 5 heteroatoms. The van der Waals surface area contributed by atoms with E-state index in [0.717, 1.165) is 54.6 Å². The Bertz CT molecular complexity index is 1220. The molecule has 1 N–H and O–H groups in total. The molecule has 0 amide bonds. The lowest BCUT2D eigenvalue weighted by Gasteiger charge is -2.37. The molecule has 3 aliphatic rings. The molecule has 1 heterocycles. The van der Waals surface area contributed by atoms with Crippen molar-refractivity contribution >= 4 is 11.8 Å². The number of ether oxygens (including phenoxy) is 2. The van der Waals surface area contributed by atoms with Crippen LogP contribution in [0.2, 0.25) is 0 Å². The summed E-state index contributed by atoms with van der Waals surface area (Å²) in [5.74, 6) is 0.0241. The number of allylic oxidation sites excluding steroid dienone is 3. The molecule has 37 heavy (non-hydrogen) atoms. The fourth-order valence-electron chi connectivity index (χ4n) is 6.06. The molecule has 2 aromatic carbocycles. The van der Waals surface area contributed by atoms with Gasteiger partial charge in [-0.1, -0.05) is 55.0 Å². The first-order chi connectivity index (χ1) is 17.9. The lowest BCUT2D eigenvalue weighted by Crippen LogP contribution is -2.37. The van der Waals surface area contributed by atoms with Gasteiger partial charge in [-0.05, 0) is 70.4 Å². The van der Waals surface area contributed by atoms with Gasteiger partial charge in [-0.3, -0.25) is 4.79 Å². The first-order valence-electron chi connectivity index (χ1n) is 13.7. The fraction of sp³-hybridized carbons (Fsp3) is 0.438. The Morgan fingerprint density at radius 1 is 0.946 bits per heavy atom. The summed E-state index contributed by atoms with van der Waals surface area (Å²) in [4.78, 5) is 27.6. The Kier molecular flexibility index (Phi) is 7.50. The van der Waals surface area contributed by atoms with E-state index >= 15 is 0 Å². The highest BCUT2D eigenvalue weighted by Crippen LogP contribution is 2.48. The predicted octanol–water partition coefficient (Wildman–Crippen LogP) is 6.71. The van der Waals surface area contributed by atoms with E-state index in [9.17, 15) is 9.59 Å². The van der Waals surface area contributed by atoms with Crippen molar-refractivity contribution < 1.29 is 19.1 Å². The van der Waals surface area contributed by atoms with Gasteiger partial charge in [0.2, 0.25) is 0 Å². The molecule has 0 bridgehead atoms. The second-order valence-corrected chi connectivity index (χ2v) is 10.8. The fourth-order valence-corrected chi connectivity index (χ4v) is 6.06. The first-order valence-corrected chi connectivity index (χ1v) is 13.7. The predicted molar refractivity (Wildman–Crippen MR) is 144 cm³/mol. The molecule has 0 radical (unpaired) electrons. The number of hydrogen-bond acceptors (Lipinski definition) is 5. The van der Waals surface area contributed by atoms with Gasteiger partial charge in [0.1, 0.15) is 11.9 Å². The Hall–Kier alpha value is -3.34. The maximum atomic E-state index is 13.9. The molecule has 1 saturated carbocycles. The van der Waals surface area contributed by atoms with Crippen LogP contribution in [0.5, 0.6) is 5.75 Å². The van der Waals surface area contributed by atoms with Crippen molar-refractivity contribution in [3.8, 4) is 5.75 Å². The van der Waals surface area contributed by atoms with Crippen LogP contribution in [0.3, 0.4) is 0 Å². The quantitative estimate of drug-likeness (QED) is 0.448. The van der Waals surface area contributed by atoms with Crippen molar-refractivity contribution in [2.75, 3.05) is 0 Å². The Morgan fingerprint density at radius 3 is 2.38 bits per heavy atom. The summed E-state index contributed by atoms with van der Waals surface area (Å²) < 4.78 is 12.3. The molecule has 5 nitrogen and oxygen atoms in total. The van der Waals surface area contributed by atoms with Gasteiger partial charge in [0.15, 0.2) is 5.78 Å². The van der Waals surface area contributed by atoms with Gasteiger partial charge in [0.25, 0.3) is 0 Å². The average molecular weight is 500 g/mol. The highest BCUT2D eigenvalue weighted by molar-refractivity contribution is 6.04. The van der Waals surface area contributed by atoms with Crippen molar-refractivity contribution in [2.45, 2.75) is 89.8 Å². The lowest BCUT2D eigenvalue weighted by atomic mass is 9.71. The minimum Gasteiger partial charge on any atom is -0.491 e. The zero-order valence-corrected chi connectivity index (χ0v) is 22.1. The first kappa shape index (κ1) is 25.3. The molecule has 0 unspecified atom stereocenters. The third kappa shape index (κ3) is 5.36. The number of carbonyl (C=O) groups is 2. The van der Waals surface area contributed by atoms with E-state index in [4.69, 9.17) is 9.47 Å². The summed E-state index contributed by atoms with van der Waals surface area (Å²) in [5.41, 5.74) is 4.86. The zero-order chi connectivity index (χ0) is 25.9. The number of rotatable bonds is 6. The van der Waals surface area contributed by atoms with Gasteiger partial charge in [-0.2, -0.15) is 0 Å². The number of ketones is 1. The third-order valence-electron chi connectivity index (χ3n) is 7.74. The number of esters is 1. The summed E-state index contributed by atoms with van der Waals surface area (Å²) in [6.45, 7) is 5.90. The van der Waals surface area contributed by atoms with Crippen molar-refractivity contribution in [3.63, 3.8) is 0 Å². The average Bonchev–Trinajstić information content (AvgIpc) is 2.89. The van der Waals surface area contributed by atoms with E-state index in [1.165, 1.54) is 6.42 Å². The van der Waals surface area contributed by atoms with Gasteiger partial charge < -0.3 is 14.8 Å². The van der Waals surface area contributed by atoms with E-state index in [1.807, 2.05) is 63.2 Å². The highest BCUT2D eigenvalue weighted by Gasteiger charge is 2.43. The second kappa shape index (κ2) is 11.0. The molecule has 5 rings (SSSR count). The topological polar surface area (TPSA) is 64.6 Å². The van der Waals surface area contributed by atoms with Gasteiger partial charge in [-0.25, -0.2) is 4.79 Å². The van der Waals surface area contributed by atoms with Crippen LogP contribution in [0, 0.1) is 0 Å². The van der Waals surface area contributed by atoms with Crippen LogP contribution < -0.4 is 10.1 Å². The molecule has 194 valence electrons. The Balaban J connectivity index is 1.57. The summed E-state index contributed by atoms with van der Waals surface area (Å²) in [5, 5.41) is 3.47. The maximum Gasteiger partial charge on any atom is 0.337 e. The van der Waals surface area contributed by atoms with Gasteiger partial charge >= 0.3 is 5.97 Å². The summed E-state index contributed by atoms with van der Waals surface area (Å²) in [6.07, 6.45) is 6.17. The number of carbonyl (C=O) groups excluding carboxylic acids is 2. The Morgan fingerprint density at radius 2 is 1.65 bits per heavy atom. The van der Waals surface area contributed by atoms with Gasteiger partial charge in [-0.15, -0.1) is 0 Å². The summed E-state index contributed by atoms with van der Waals surface area (Å²) >= 11 is 0. The molecular formula is C32H37NO4. The molecule has 2 aromatic rings. The van der Waals surface area contributed by atoms with E-state index < -0.39 is 5.92 Å². The summed E-state index contributed by atoms with van der Waals surface area (Å²) in [7, 11) is 0. The van der Waals surface area contributed by atoms with Gasteiger partial charge in [0, 0.05) is 29.0 Å². The molecule has 1 fully saturated rings. The molecule has 1 aliphatic heterocycles. The van der Waals surface area contributed by atoms with Crippen molar-refractivity contribution in [1.82, 2.24) is 5.32 Å². The SMILES string of the molecule is CC1=C(C(=O)OC2CCCCC2)[C@@H](c2ccccc2OC(C)C)C2=C(C[C@@H](c3ccccc3)CC2=O)N1. The van der Waals surface area contributed by atoms with E-state index in [2.05, 4.69) is 17.4 Å². The maximum absolute atomic E-state index is 13.9. The lowest BCUT2D eigenvalue weighted by molar-refractivity contribution is -0.146. The number of Topliss-reactive ketones (excluding diaryl/α,β-unsaturated/α-hetero) is 1. The van der Waals surface area contributed by atoms with E-state index in [0.29, 0.717) is 23.3 Å². The van der Waals surface area contributed by atoms with Crippen LogP contribution in [-0.2, 0) is 14.3 Å². The number of dihydropyridines is 1. The molecule has 0 spiro atoms. The molecular weight excluding hydrogens is 462 g/mol. The van der Waals surface area contributed by atoms with E-state index in [1.54, 1.807) is 0 Å². The van der Waals surface area contributed by atoms with Crippen molar-refractivity contribution in [3.05, 3.63) is 88.3 Å². The van der Waals surface area contributed by atoms with Crippen LogP contribution in [0.15, 0.2) is 77.1 Å². The van der Waals surface area contributed by atoms with Gasteiger partial charge in [0.05, 0.1) is 17.6 Å². The minimum atomic E-state index is -0.522. The number of nitrogens with one attached hydrogen (secondary N) is 1. The van der Waals surface area contributed by atoms with Crippen LogP contribution in [0.1, 0.15) is 88.7 Å². The standard InChI is InChI=1S/C32H37NO4/c1-20(2)36-28-17-11-10-16-25(28)30-29(32(35)37-24-14-8-5-9-15-24)21(3)33-26-18-23(19-27(34)31(26)30)22-12-6-4-7-13-22/h4,6-7,10-13,16-17,20,23-24,30,33H,5,8-9,14-15,18-19H2,1-3H3/t23-,30-/m1/s1. The number of hydrogen-bond donors (Lipinski definition) is 1. The zero-order valence-electron chi connectivity index (χ0n) is 22.1. The Labute approximate surface area is 219 Å². The van der Waals surface area contributed by atoms with Crippen LogP contribution in [-0.4, -0.2) is 24.0 Å². The normalized spacial score (nSPS) is 22.5. The monoisotopic (exact) mass is 499 g/mol. The molecule has 2 atom stereocenters. The largest absolute Gasteiger partial charge is 0.491 e. The minimum absolute atomic E-state index is 0.0384. The molecule has 2 aliphatic carbocycles. The third-order valence-corrected chi connectivity index (χ3v) is 7.74. The molecule has 0 saturated heterocycles. The smallest absolute Gasteiger partial charge is 0.337 e.